The summed E-state index contributed by atoms with van der Waals surface area (Å²) in [7, 11) is 1.95. The van der Waals surface area contributed by atoms with E-state index in [-0.39, 0.29) is 11.9 Å². The second kappa shape index (κ2) is 6.63. The number of hydrogen-bond acceptors (Lipinski definition) is 2. The first-order valence-corrected chi connectivity index (χ1v) is 8.88. The largest absolute Gasteiger partial charge is 0.369 e. The molecule has 128 valence electrons. The highest BCUT2D eigenvalue weighted by Gasteiger charge is 2.23. The number of carbonyl (C=O) groups excluding carboxylic acids is 1. The summed E-state index contributed by atoms with van der Waals surface area (Å²) < 4.78 is 1.97. The second-order valence-corrected chi connectivity index (χ2v) is 6.74. The average Bonchev–Trinajstić information content (AvgIpc) is 3.00. The third-order valence-corrected chi connectivity index (χ3v) is 5.06. The molecule has 2 aromatic carbocycles. The first-order valence-electron chi connectivity index (χ1n) is 8.88. The predicted molar refractivity (Wildman–Crippen MR) is 102 cm³/mol. The van der Waals surface area contributed by atoms with E-state index in [4.69, 9.17) is 0 Å². The van der Waals surface area contributed by atoms with Gasteiger partial charge in [0.15, 0.2) is 0 Å². The fourth-order valence-electron chi connectivity index (χ4n) is 3.73. The van der Waals surface area contributed by atoms with Gasteiger partial charge in [0.05, 0.1) is 0 Å². The lowest BCUT2D eigenvalue weighted by molar-refractivity contribution is 0.0925. The van der Waals surface area contributed by atoms with Gasteiger partial charge in [-0.05, 0) is 37.1 Å². The first-order chi connectivity index (χ1) is 12.2. The van der Waals surface area contributed by atoms with E-state index in [1.165, 1.54) is 5.69 Å². The zero-order valence-corrected chi connectivity index (χ0v) is 14.5. The Morgan fingerprint density at radius 2 is 1.84 bits per heavy atom. The molecule has 1 fully saturated rings. The van der Waals surface area contributed by atoms with Crippen molar-refractivity contribution in [2.75, 3.05) is 18.0 Å². The van der Waals surface area contributed by atoms with Crippen LogP contribution in [0.5, 0.6) is 0 Å². The molecular weight excluding hydrogens is 310 g/mol. The highest BCUT2D eigenvalue weighted by Crippen LogP contribution is 2.21. The first kappa shape index (κ1) is 15.8. The number of piperidine rings is 1. The number of anilines is 1. The molecule has 1 aromatic heterocycles. The van der Waals surface area contributed by atoms with Gasteiger partial charge in [-0.15, -0.1) is 0 Å². The van der Waals surface area contributed by atoms with Gasteiger partial charge in [0.2, 0.25) is 0 Å². The van der Waals surface area contributed by atoms with E-state index in [9.17, 15) is 4.79 Å². The van der Waals surface area contributed by atoms with Gasteiger partial charge in [0.1, 0.15) is 5.69 Å². The zero-order chi connectivity index (χ0) is 17.2. The maximum Gasteiger partial charge on any atom is 0.268 e. The number of nitrogens with one attached hydrogen (secondary N) is 1. The smallest absolute Gasteiger partial charge is 0.268 e. The molecule has 4 nitrogen and oxygen atoms in total. The molecule has 0 unspecified atom stereocenters. The highest BCUT2D eigenvalue weighted by molar-refractivity contribution is 5.98. The van der Waals surface area contributed by atoms with E-state index in [1.807, 2.05) is 48.0 Å². The van der Waals surface area contributed by atoms with Crippen LogP contribution in [0.15, 0.2) is 60.7 Å². The molecule has 1 N–H and O–H groups in total. The van der Waals surface area contributed by atoms with Gasteiger partial charge in [-0.3, -0.25) is 4.79 Å². The minimum absolute atomic E-state index is 0.0126. The second-order valence-electron chi connectivity index (χ2n) is 6.74. The highest BCUT2D eigenvalue weighted by atomic mass is 16.2. The van der Waals surface area contributed by atoms with Gasteiger partial charge in [-0.25, -0.2) is 0 Å². The van der Waals surface area contributed by atoms with E-state index in [1.54, 1.807) is 0 Å². The number of amides is 1. The van der Waals surface area contributed by atoms with Gasteiger partial charge in [-0.2, -0.15) is 0 Å². The van der Waals surface area contributed by atoms with E-state index < -0.39 is 0 Å². The molecule has 3 aromatic rings. The third kappa shape index (κ3) is 3.12. The Kier molecular flexibility index (Phi) is 4.18. The zero-order valence-electron chi connectivity index (χ0n) is 14.5. The van der Waals surface area contributed by atoms with Crippen molar-refractivity contribution in [1.82, 2.24) is 9.88 Å². The van der Waals surface area contributed by atoms with Crippen molar-refractivity contribution >= 4 is 22.5 Å². The van der Waals surface area contributed by atoms with Crippen molar-refractivity contribution in [3.8, 4) is 0 Å². The lowest BCUT2D eigenvalue weighted by atomic mass is 10.0. The van der Waals surface area contributed by atoms with E-state index in [0.717, 1.165) is 42.5 Å². The molecule has 0 bridgehead atoms. The van der Waals surface area contributed by atoms with Crippen molar-refractivity contribution in [2.24, 2.45) is 7.05 Å². The molecule has 4 heteroatoms. The third-order valence-electron chi connectivity index (χ3n) is 5.06. The summed E-state index contributed by atoms with van der Waals surface area (Å²) in [6, 6.07) is 20.7. The molecule has 0 spiro atoms. The molecule has 1 saturated heterocycles. The lowest BCUT2D eigenvalue weighted by Gasteiger charge is -2.34. The molecule has 1 aliphatic heterocycles. The molecule has 4 rings (SSSR count). The summed E-state index contributed by atoms with van der Waals surface area (Å²) in [5.74, 6) is 0.0126. The predicted octanol–water partition coefficient (Wildman–Crippen LogP) is 3.58. The molecule has 25 heavy (non-hydrogen) atoms. The fourth-order valence-corrected chi connectivity index (χ4v) is 3.73. The number of fused-ring (bicyclic) bond motifs is 1. The Morgan fingerprint density at radius 1 is 1.08 bits per heavy atom. The quantitative estimate of drug-likeness (QED) is 0.795. The summed E-state index contributed by atoms with van der Waals surface area (Å²) in [5, 5.41) is 4.34. The van der Waals surface area contributed by atoms with Gasteiger partial charge < -0.3 is 14.8 Å². The van der Waals surface area contributed by atoms with E-state index in [0.29, 0.717) is 0 Å². The summed E-state index contributed by atoms with van der Waals surface area (Å²) in [4.78, 5) is 15.2. The number of benzene rings is 2. The van der Waals surface area contributed by atoms with Crippen molar-refractivity contribution in [3.05, 3.63) is 66.4 Å². The maximum absolute atomic E-state index is 12.8. The number of aromatic nitrogens is 1. The molecule has 2 heterocycles. The van der Waals surface area contributed by atoms with Gasteiger partial charge in [0.25, 0.3) is 5.91 Å². The van der Waals surface area contributed by atoms with Gasteiger partial charge in [0, 0.05) is 42.8 Å². The fraction of sp³-hybridized carbons (Fsp3) is 0.286. The number of rotatable bonds is 3. The molecular formula is C21H23N3O. The molecule has 0 saturated carbocycles. The normalized spacial score (nSPS) is 17.6. The molecule has 1 amide bonds. The topological polar surface area (TPSA) is 37.3 Å². The number of aryl methyl sites for hydroxylation is 1. The van der Waals surface area contributed by atoms with Crippen LogP contribution in [0.25, 0.3) is 10.9 Å². The minimum Gasteiger partial charge on any atom is -0.369 e. The monoisotopic (exact) mass is 333 g/mol. The Labute approximate surface area is 148 Å². The Morgan fingerprint density at radius 3 is 2.64 bits per heavy atom. The molecule has 0 radical (unpaired) electrons. The summed E-state index contributed by atoms with van der Waals surface area (Å²) >= 11 is 0. The average molecular weight is 333 g/mol. The van der Waals surface area contributed by atoms with Crippen LogP contribution >= 0.6 is 0 Å². The lowest BCUT2D eigenvalue weighted by Crippen LogP contribution is -2.48. The van der Waals surface area contributed by atoms with Gasteiger partial charge in [-0.1, -0.05) is 36.4 Å². The summed E-state index contributed by atoms with van der Waals surface area (Å²) in [5.41, 5.74) is 3.03. The van der Waals surface area contributed by atoms with Crippen LogP contribution in [0.1, 0.15) is 23.3 Å². The number of nitrogens with zero attached hydrogens (tertiary/aromatic N) is 2. The van der Waals surface area contributed by atoms with Crippen LogP contribution in [-0.2, 0) is 7.05 Å². The van der Waals surface area contributed by atoms with Crippen LogP contribution in [-0.4, -0.2) is 29.6 Å². The number of para-hydroxylation sites is 2. The number of hydrogen-bond donors (Lipinski definition) is 1. The molecule has 1 atom stereocenters. The van der Waals surface area contributed by atoms with Crippen LogP contribution < -0.4 is 10.2 Å². The maximum atomic E-state index is 12.8. The standard InChI is InChI=1S/C21H23N3O/c1-23-19-12-6-5-8-16(19)14-20(23)21(25)22-17-9-7-13-24(15-17)18-10-3-2-4-11-18/h2-6,8,10-12,14,17H,7,9,13,15H2,1H3,(H,22,25)/t17-/m0/s1. The van der Waals surface area contributed by atoms with Crippen molar-refractivity contribution < 1.29 is 4.79 Å². The van der Waals surface area contributed by atoms with Crippen molar-refractivity contribution in [1.29, 1.82) is 0 Å². The Hall–Kier alpha value is -2.75. The van der Waals surface area contributed by atoms with Crippen LogP contribution in [0.3, 0.4) is 0 Å². The summed E-state index contributed by atoms with van der Waals surface area (Å²) in [6.07, 6.45) is 2.12. The SMILES string of the molecule is Cn1c(C(=O)N[C@H]2CCCN(c3ccccc3)C2)cc2ccccc21. The Balaban J connectivity index is 1.49. The Bertz CT molecular complexity index is 885. The van der Waals surface area contributed by atoms with Crippen LogP contribution in [0, 0.1) is 0 Å². The van der Waals surface area contributed by atoms with Crippen molar-refractivity contribution in [3.63, 3.8) is 0 Å². The van der Waals surface area contributed by atoms with Crippen LogP contribution in [0.4, 0.5) is 5.69 Å². The molecule has 1 aliphatic rings. The van der Waals surface area contributed by atoms with Gasteiger partial charge >= 0.3 is 0 Å². The number of carbonyl (C=O) groups is 1. The van der Waals surface area contributed by atoms with Crippen molar-refractivity contribution in [2.45, 2.75) is 18.9 Å². The van der Waals surface area contributed by atoms with Crippen LogP contribution in [0.2, 0.25) is 0 Å². The molecule has 0 aliphatic carbocycles. The van der Waals surface area contributed by atoms with E-state index in [2.05, 4.69) is 34.5 Å². The summed E-state index contributed by atoms with van der Waals surface area (Å²) in [6.45, 7) is 1.91. The minimum atomic E-state index is 0.0126. The van der Waals surface area contributed by atoms with E-state index >= 15 is 0 Å².